The Labute approximate surface area is 144 Å². The molecule has 0 aromatic heterocycles. The van der Waals surface area contributed by atoms with Gasteiger partial charge in [-0.25, -0.2) is 0 Å². The predicted molar refractivity (Wildman–Crippen MR) is 99.3 cm³/mol. The summed E-state index contributed by atoms with van der Waals surface area (Å²) >= 11 is 0. The van der Waals surface area contributed by atoms with Gasteiger partial charge in [-0.05, 0) is 29.9 Å². The summed E-state index contributed by atoms with van der Waals surface area (Å²) in [5, 5.41) is 0. The second-order valence-corrected chi connectivity index (χ2v) is 6.13. The molecule has 0 aliphatic carbocycles. The zero-order valence-corrected chi connectivity index (χ0v) is 13.8. The maximum Gasteiger partial charge on any atom is 0.163 e. The summed E-state index contributed by atoms with van der Waals surface area (Å²) in [7, 11) is 0. The lowest BCUT2D eigenvalue weighted by Gasteiger charge is -2.17. The zero-order valence-electron chi connectivity index (χ0n) is 13.8. The Hall–Kier alpha value is -2.67. The number of carbonyl (C=O) groups excluding carboxylic acids is 1. The molecule has 1 unspecified atom stereocenters. The van der Waals surface area contributed by atoms with E-state index in [0.717, 1.165) is 18.4 Å². The molecule has 3 aromatic rings. The molecule has 0 saturated heterocycles. The predicted octanol–water partition coefficient (Wildman–Crippen LogP) is 5.68. The van der Waals surface area contributed by atoms with Crippen molar-refractivity contribution in [3.63, 3.8) is 0 Å². The number of benzene rings is 3. The monoisotopic (exact) mass is 314 g/mol. The fraction of sp³-hybridized carbons (Fsp3) is 0.174. The highest BCUT2D eigenvalue weighted by Crippen LogP contribution is 2.27. The van der Waals surface area contributed by atoms with Gasteiger partial charge in [0.05, 0.1) is 0 Å². The normalized spacial score (nSPS) is 11.8. The molecule has 0 heterocycles. The van der Waals surface area contributed by atoms with Gasteiger partial charge >= 0.3 is 0 Å². The number of hydrogen-bond donors (Lipinski definition) is 0. The molecule has 24 heavy (non-hydrogen) atoms. The number of aryl methyl sites for hydroxylation is 1. The van der Waals surface area contributed by atoms with Crippen LogP contribution in [0.1, 0.15) is 40.2 Å². The van der Waals surface area contributed by atoms with E-state index in [9.17, 15) is 4.79 Å². The van der Waals surface area contributed by atoms with Gasteiger partial charge in [-0.3, -0.25) is 4.79 Å². The summed E-state index contributed by atoms with van der Waals surface area (Å²) < 4.78 is 0. The molecule has 0 spiro atoms. The van der Waals surface area contributed by atoms with Crippen molar-refractivity contribution in [1.82, 2.24) is 0 Å². The topological polar surface area (TPSA) is 17.1 Å². The summed E-state index contributed by atoms with van der Waals surface area (Å²) in [6.45, 7) is 0. The Morgan fingerprint density at radius 2 is 1.25 bits per heavy atom. The van der Waals surface area contributed by atoms with Crippen LogP contribution >= 0.6 is 0 Å². The molecule has 0 aliphatic rings. The standard InChI is InChI=1S/C23H22O/c24-23(21-14-8-3-9-15-21)18-22(20-12-6-2-7-13-20)17-16-19-10-4-1-5-11-19/h1-15,22H,16-18H2. The molecule has 0 aliphatic heterocycles. The lowest BCUT2D eigenvalue weighted by Crippen LogP contribution is -2.09. The lowest BCUT2D eigenvalue weighted by atomic mass is 9.87. The van der Waals surface area contributed by atoms with Gasteiger partial charge in [0.1, 0.15) is 0 Å². The minimum absolute atomic E-state index is 0.220. The largest absolute Gasteiger partial charge is 0.294 e. The number of ketones is 1. The van der Waals surface area contributed by atoms with E-state index in [-0.39, 0.29) is 11.7 Å². The van der Waals surface area contributed by atoms with E-state index in [1.54, 1.807) is 0 Å². The molecule has 0 bridgehead atoms. The van der Waals surface area contributed by atoms with Gasteiger partial charge in [-0.15, -0.1) is 0 Å². The fourth-order valence-corrected chi connectivity index (χ4v) is 3.06. The Morgan fingerprint density at radius 1 is 0.708 bits per heavy atom. The molecule has 0 saturated carbocycles. The maximum absolute atomic E-state index is 12.6. The van der Waals surface area contributed by atoms with Crippen LogP contribution in [0.3, 0.4) is 0 Å². The summed E-state index contributed by atoms with van der Waals surface area (Å²) in [5.74, 6) is 0.469. The van der Waals surface area contributed by atoms with Gasteiger partial charge in [0.25, 0.3) is 0 Å². The molecule has 0 N–H and O–H groups in total. The van der Waals surface area contributed by atoms with Gasteiger partial charge in [-0.1, -0.05) is 91.0 Å². The second-order valence-electron chi connectivity index (χ2n) is 6.13. The first-order valence-electron chi connectivity index (χ1n) is 8.50. The average molecular weight is 314 g/mol. The van der Waals surface area contributed by atoms with E-state index in [2.05, 4.69) is 48.5 Å². The summed E-state index contributed by atoms with van der Waals surface area (Å²) in [6, 6.07) is 30.5. The van der Waals surface area contributed by atoms with Crippen molar-refractivity contribution in [3.05, 3.63) is 108 Å². The Morgan fingerprint density at radius 3 is 1.88 bits per heavy atom. The van der Waals surface area contributed by atoms with Crippen molar-refractivity contribution in [2.24, 2.45) is 0 Å². The number of hydrogen-bond acceptors (Lipinski definition) is 1. The molecule has 0 radical (unpaired) electrons. The van der Waals surface area contributed by atoms with Gasteiger partial charge in [0.2, 0.25) is 0 Å². The molecular weight excluding hydrogens is 292 g/mol. The van der Waals surface area contributed by atoms with E-state index >= 15 is 0 Å². The first-order valence-corrected chi connectivity index (χ1v) is 8.50. The zero-order chi connectivity index (χ0) is 16.6. The quantitative estimate of drug-likeness (QED) is 0.513. The van der Waals surface area contributed by atoms with Crippen LogP contribution in [0.4, 0.5) is 0 Å². The van der Waals surface area contributed by atoms with Gasteiger partial charge < -0.3 is 0 Å². The highest BCUT2D eigenvalue weighted by molar-refractivity contribution is 5.96. The molecular formula is C23H22O. The Balaban J connectivity index is 1.74. The van der Waals surface area contributed by atoms with Crippen molar-refractivity contribution in [3.8, 4) is 0 Å². The van der Waals surface area contributed by atoms with Crippen LogP contribution in [-0.4, -0.2) is 5.78 Å². The van der Waals surface area contributed by atoms with Crippen molar-refractivity contribution in [2.45, 2.75) is 25.2 Å². The molecule has 1 heteroatoms. The van der Waals surface area contributed by atoms with Crippen molar-refractivity contribution in [2.75, 3.05) is 0 Å². The smallest absolute Gasteiger partial charge is 0.163 e. The van der Waals surface area contributed by atoms with Gasteiger partial charge in [0.15, 0.2) is 5.78 Å². The average Bonchev–Trinajstić information content (AvgIpc) is 2.67. The molecule has 120 valence electrons. The maximum atomic E-state index is 12.6. The van der Waals surface area contributed by atoms with Crippen molar-refractivity contribution in [1.29, 1.82) is 0 Å². The van der Waals surface area contributed by atoms with Crippen LogP contribution in [0, 0.1) is 0 Å². The molecule has 0 amide bonds. The van der Waals surface area contributed by atoms with E-state index < -0.39 is 0 Å². The lowest BCUT2D eigenvalue weighted by molar-refractivity contribution is 0.0972. The summed E-state index contributed by atoms with van der Waals surface area (Å²) in [5.41, 5.74) is 3.38. The summed E-state index contributed by atoms with van der Waals surface area (Å²) in [6.07, 6.45) is 2.52. The van der Waals surface area contributed by atoms with Gasteiger partial charge in [0, 0.05) is 12.0 Å². The van der Waals surface area contributed by atoms with Crippen LogP contribution < -0.4 is 0 Å². The molecule has 0 fully saturated rings. The minimum atomic E-state index is 0.220. The van der Waals surface area contributed by atoms with Crippen LogP contribution in [0.2, 0.25) is 0 Å². The van der Waals surface area contributed by atoms with E-state index in [4.69, 9.17) is 0 Å². The van der Waals surface area contributed by atoms with E-state index in [0.29, 0.717) is 6.42 Å². The third-order valence-corrected chi connectivity index (χ3v) is 4.42. The number of carbonyl (C=O) groups is 1. The molecule has 3 rings (SSSR count). The van der Waals surface area contributed by atoms with Crippen LogP contribution in [0.5, 0.6) is 0 Å². The van der Waals surface area contributed by atoms with Crippen LogP contribution in [-0.2, 0) is 6.42 Å². The highest BCUT2D eigenvalue weighted by Gasteiger charge is 2.17. The van der Waals surface area contributed by atoms with Crippen molar-refractivity contribution >= 4 is 5.78 Å². The first kappa shape index (κ1) is 16.2. The Kier molecular flexibility index (Phi) is 5.57. The van der Waals surface area contributed by atoms with Crippen LogP contribution in [0.25, 0.3) is 0 Å². The summed E-state index contributed by atoms with van der Waals surface area (Å²) in [4.78, 5) is 12.6. The van der Waals surface area contributed by atoms with Crippen LogP contribution in [0.15, 0.2) is 91.0 Å². The molecule has 1 atom stereocenters. The van der Waals surface area contributed by atoms with Gasteiger partial charge in [-0.2, -0.15) is 0 Å². The number of rotatable bonds is 7. The first-order chi connectivity index (χ1) is 11.8. The number of Topliss-reactive ketones (excluding diaryl/α,β-unsaturated/α-hetero) is 1. The fourth-order valence-electron chi connectivity index (χ4n) is 3.06. The Bertz CT molecular complexity index is 748. The second kappa shape index (κ2) is 8.26. The van der Waals surface area contributed by atoms with E-state index in [1.807, 2.05) is 42.5 Å². The highest BCUT2D eigenvalue weighted by atomic mass is 16.1. The minimum Gasteiger partial charge on any atom is -0.294 e. The molecule has 3 aromatic carbocycles. The van der Waals surface area contributed by atoms with Crippen molar-refractivity contribution < 1.29 is 4.79 Å². The SMILES string of the molecule is O=C(CC(CCc1ccccc1)c1ccccc1)c1ccccc1. The van der Waals surface area contributed by atoms with E-state index in [1.165, 1.54) is 11.1 Å². The molecule has 1 nitrogen and oxygen atoms in total. The third kappa shape index (κ3) is 4.42. The third-order valence-electron chi connectivity index (χ3n) is 4.42.